The van der Waals surface area contributed by atoms with Crippen molar-refractivity contribution in [3.05, 3.63) is 0 Å². The molecule has 0 amide bonds. The van der Waals surface area contributed by atoms with Crippen LogP contribution in [0.2, 0.25) is 0 Å². The molecule has 0 aromatic carbocycles. The molecule has 0 aromatic heterocycles. The second kappa shape index (κ2) is 5.05. The molecule has 88 valence electrons. The van der Waals surface area contributed by atoms with E-state index in [-0.39, 0.29) is 5.60 Å². The van der Waals surface area contributed by atoms with Crippen LogP contribution in [0, 0.1) is 5.92 Å². The Labute approximate surface area is 98.5 Å². The van der Waals surface area contributed by atoms with Crippen LogP contribution in [0.15, 0.2) is 0 Å². The van der Waals surface area contributed by atoms with E-state index in [0.29, 0.717) is 5.38 Å². The van der Waals surface area contributed by atoms with Crippen molar-refractivity contribution in [3.8, 4) is 0 Å². The molecule has 1 aliphatic heterocycles. The van der Waals surface area contributed by atoms with Gasteiger partial charge in [0.2, 0.25) is 0 Å². The van der Waals surface area contributed by atoms with Crippen molar-refractivity contribution in [2.24, 2.45) is 5.92 Å². The van der Waals surface area contributed by atoms with Gasteiger partial charge in [0, 0.05) is 12.0 Å². The van der Waals surface area contributed by atoms with Crippen LogP contribution >= 0.6 is 11.6 Å². The highest BCUT2D eigenvalue weighted by atomic mass is 35.5. The number of alkyl halides is 1. The fraction of sp³-hybridized carbons (Fsp3) is 1.00. The van der Waals surface area contributed by atoms with Crippen molar-refractivity contribution in [1.82, 2.24) is 0 Å². The molecule has 15 heavy (non-hydrogen) atoms. The highest BCUT2D eigenvalue weighted by molar-refractivity contribution is 6.20. The van der Waals surface area contributed by atoms with Crippen molar-refractivity contribution in [2.75, 3.05) is 6.61 Å². The van der Waals surface area contributed by atoms with Gasteiger partial charge < -0.3 is 4.74 Å². The summed E-state index contributed by atoms with van der Waals surface area (Å²) in [7, 11) is 0. The molecule has 2 unspecified atom stereocenters. The number of hydrogen-bond acceptors (Lipinski definition) is 1. The molecule has 2 heteroatoms. The van der Waals surface area contributed by atoms with E-state index in [4.69, 9.17) is 16.3 Å². The topological polar surface area (TPSA) is 9.23 Å². The van der Waals surface area contributed by atoms with Crippen LogP contribution in [0.1, 0.15) is 58.3 Å². The molecule has 2 aliphatic rings. The molecule has 0 spiro atoms. The highest BCUT2D eigenvalue weighted by Crippen LogP contribution is 2.45. The Morgan fingerprint density at radius 3 is 2.60 bits per heavy atom. The summed E-state index contributed by atoms with van der Waals surface area (Å²) in [6, 6.07) is 0. The van der Waals surface area contributed by atoms with Gasteiger partial charge in [0.1, 0.15) is 0 Å². The molecular weight excluding hydrogens is 208 g/mol. The molecule has 0 bridgehead atoms. The SMILES string of the molecule is CCCC1(C2CCCC2)CC(Cl)CCO1. The van der Waals surface area contributed by atoms with E-state index in [1.54, 1.807) is 0 Å². The van der Waals surface area contributed by atoms with Crippen molar-refractivity contribution in [3.63, 3.8) is 0 Å². The summed E-state index contributed by atoms with van der Waals surface area (Å²) in [4.78, 5) is 0. The third-order valence-electron chi connectivity index (χ3n) is 4.16. The van der Waals surface area contributed by atoms with Gasteiger partial charge in [-0.15, -0.1) is 11.6 Å². The Morgan fingerprint density at radius 2 is 2.00 bits per heavy atom. The predicted octanol–water partition coefficient (Wildman–Crippen LogP) is 4.13. The minimum Gasteiger partial charge on any atom is -0.375 e. The third-order valence-corrected chi connectivity index (χ3v) is 4.53. The first-order valence-electron chi connectivity index (χ1n) is 6.55. The molecule has 0 aromatic rings. The summed E-state index contributed by atoms with van der Waals surface area (Å²) in [5, 5.41) is 0.353. The average Bonchev–Trinajstić information content (AvgIpc) is 2.71. The molecular formula is C13H23ClO. The molecule has 2 atom stereocenters. The summed E-state index contributed by atoms with van der Waals surface area (Å²) in [5.41, 5.74) is 0.149. The smallest absolute Gasteiger partial charge is 0.0724 e. The predicted molar refractivity (Wildman–Crippen MR) is 64.4 cm³/mol. The molecule has 1 nitrogen and oxygen atoms in total. The Kier molecular flexibility index (Phi) is 3.95. The van der Waals surface area contributed by atoms with E-state index in [2.05, 4.69) is 6.92 Å². The van der Waals surface area contributed by atoms with Gasteiger partial charge in [-0.25, -0.2) is 0 Å². The molecule has 1 heterocycles. The van der Waals surface area contributed by atoms with Crippen LogP contribution < -0.4 is 0 Å². The van der Waals surface area contributed by atoms with E-state index in [0.717, 1.165) is 25.4 Å². The fourth-order valence-corrected chi connectivity index (χ4v) is 3.81. The highest BCUT2D eigenvalue weighted by Gasteiger charge is 2.43. The molecule has 0 N–H and O–H groups in total. The second-order valence-electron chi connectivity index (χ2n) is 5.23. The number of ether oxygens (including phenoxy) is 1. The molecule has 1 saturated heterocycles. The van der Waals surface area contributed by atoms with Crippen LogP contribution in [-0.4, -0.2) is 17.6 Å². The van der Waals surface area contributed by atoms with Crippen molar-refractivity contribution in [2.45, 2.75) is 69.3 Å². The van der Waals surface area contributed by atoms with E-state index < -0.39 is 0 Å². The van der Waals surface area contributed by atoms with Gasteiger partial charge in [0.25, 0.3) is 0 Å². The Bertz CT molecular complexity index is 197. The third kappa shape index (κ3) is 2.50. The number of hydrogen-bond donors (Lipinski definition) is 0. The van der Waals surface area contributed by atoms with Crippen LogP contribution in [-0.2, 0) is 4.74 Å². The number of rotatable bonds is 3. The van der Waals surface area contributed by atoms with Crippen molar-refractivity contribution in [1.29, 1.82) is 0 Å². The fourth-order valence-electron chi connectivity index (χ4n) is 3.46. The summed E-state index contributed by atoms with van der Waals surface area (Å²) in [6.45, 7) is 3.14. The van der Waals surface area contributed by atoms with E-state index in [1.807, 2.05) is 0 Å². The maximum Gasteiger partial charge on any atom is 0.0724 e. The Balaban J connectivity index is 2.07. The van der Waals surface area contributed by atoms with Crippen LogP contribution in [0.4, 0.5) is 0 Å². The lowest BCUT2D eigenvalue weighted by Gasteiger charge is -2.44. The molecule has 1 saturated carbocycles. The summed E-state index contributed by atoms with van der Waals surface area (Å²) in [6.07, 6.45) is 10.1. The van der Waals surface area contributed by atoms with E-state index in [9.17, 15) is 0 Å². The zero-order chi connectivity index (χ0) is 10.7. The van der Waals surface area contributed by atoms with Gasteiger partial charge in [-0.05, 0) is 38.0 Å². The van der Waals surface area contributed by atoms with Gasteiger partial charge in [0.15, 0.2) is 0 Å². The minimum atomic E-state index is 0.149. The van der Waals surface area contributed by atoms with E-state index in [1.165, 1.54) is 38.5 Å². The van der Waals surface area contributed by atoms with Crippen LogP contribution in [0.25, 0.3) is 0 Å². The zero-order valence-electron chi connectivity index (χ0n) is 9.80. The first-order chi connectivity index (χ1) is 7.27. The molecule has 0 radical (unpaired) electrons. The largest absolute Gasteiger partial charge is 0.375 e. The quantitative estimate of drug-likeness (QED) is 0.663. The van der Waals surface area contributed by atoms with Gasteiger partial charge in [0.05, 0.1) is 5.60 Å². The van der Waals surface area contributed by atoms with Gasteiger partial charge in [-0.1, -0.05) is 26.2 Å². The monoisotopic (exact) mass is 230 g/mol. The van der Waals surface area contributed by atoms with Gasteiger partial charge >= 0.3 is 0 Å². The Hall–Kier alpha value is 0.250. The van der Waals surface area contributed by atoms with Gasteiger partial charge in [-0.2, -0.15) is 0 Å². The Morgan fingerprint density at radius 1 is 1.27 bits per heavy atom. The van der Waals surface area contributed by atoms with Gasteiger partial charge in [-0.3, -0.25) is 0 Å². The number of halogens is 1. The summed E-state index contributed by atoms with van der Waals surface area (Å²) in [5.74, 6) is 0.791. The lowest BCUT2D eigenvalue weighted by atomic mass is 9.77. The average molecular weight is 231 g/mol. The standard InChI is InChI=1S/C13H23ClO/c1-2-8-13(11-5-3-4-6-11)10-12(14)7-9-15-13/h11-12H,2-10H2,1H3. The summed E-state index contributed by atoms with van der Waals surface area (Å²) < 4.78 is 6.18. The molecule has 2 fully saturated rings. The first kappa shape index (κ1) is 11.7. The molecule has 1 aliphatic carbocycles. The molecule has 2 rings (SSSR count). The maximum absolute atomic E-state index is 6.34. The maximum atomic E-state index is 6.34. The van der Waals surface area contributed by atoms with E-state index >= 15 is 0 Å². The minimum absolute atomic E-state index is 0.149. The van der Waals surface area contributed by atoms with Crippen LogP contribution in [0.3, 0.4) is 0 Å². The lowest BCUT2D eigenvalue weighted by Crippen LogP contribution is -2.45. The lowest BCUT2D eigenvalue weighted by molar-refractivity contribution is -0.119. The summed E-state index contributed by atoms with van der Waals surface area (Å²) >= 11 is 6.34. The zero-order valence-corrected chi connectivity index (χ0v) is 10.6. The second-order valence-corrected chi connectivity index (χ2v) is 5.85. The van der Waals surface area contributed by atoms with Crippen LogP contribution in [0.5, 0.6) is 0 Å². The van der Waals surface area contributed by atoms with Crippen molar-refractivity contribution < 1.29 is 4.74 Å². The first-order valence-corrected chi connectivity index (χ1v) is 6.98. The normalized spacial score (nSPS) is 38.4. The van der Waals surface area contributed by atoms with Crippen molar-refractivity contribution >= 4 is 11.6 Å².